The topological polar surface area (TPSA) is 65.1 Å². The highest BCUT2D eigenvalue weighted by Gasteiger charge is 2.25. The van der Waals surface area contributed by atoms with E-state index in [1.54, 1.807) is 0 Å². The van der Waals surface area contributed by atoms with Crippen molar-refractivity contribution in [3.8, 4) is 5.69 Å². The van der Waals surface area contributed by atoms with Gasteiger partial charge in [-0.25, -0.2) is 4.68 Å². The lowest BCUT2D eigenvalue weighted by Crippen LogP contribution is -2.36. The average molecular weight is 272 g/mol. The maximum absolute atomic E-state index is 5.76. The van der Waals surface area contributed by atoms with Gasteiger partial charge in [0.25, 0.3) is 0 Å². The number of hydrogen-bond donors (Lipinski definition) is 2. The Hall–Kier alpha value is -1.69. The fraction of sp³-hybridized carbons (Fsp3) is 0.400. The van der Waals surface area contributed by atoms with Gasteiger partial charge in [-0.2, -0.15) is 5.10 Å². The third-order valence-electron chi connectivity index (χ3n) is 3.90. The van der Waals surface area contributed by atoms with Crippen molar-refractivity contribution in [1.29, 1.82) is 0 Å². The van der Waals surface area contributed by atoms with Crippen LogP contribution in [0.1, 0.15) is 24.4 Å². The van der Waals surface area contributed by atoms with E-state index in [0.717, 1.165) is 37.3 Å². The van der Waals surface area contributed by atoms with Gasteiger partial charge in [-0.3, -0.25) is 11.3 Å². The fourth-order valence-electron chi connectivity index (χ4n) is 2.77. The lowest BCUT2D eigenvalue weighted by molar-refractivity contribution is 0.0536. The van der Waals surface area contributed by atoms with Gasteiger partial charge in [0.1, 0.15) is 0 Å². The van der Waals surface area contributed by atoms with Gasteiger partial charge in [-0.15, -0.1) is 0 Å². The molecule has 1 aliphatic rings. The Morgan fingerprint density at radius 1 is 1.25 bits per heavy atom. The third kappa shape index (κ3) is 2.75. The summed E-state index contributed by atoms with van der Waals surface area (Å²) >= 11 is 0. The SMILES string of the molecule is NNC(c1cnn(-c2ccccc2)c1)C1CCOCC1. The zero-order chi connectivity index (χ0) is 13.8. The molecule has 5 heteroatoms. The van der Waals surface area contributed by atoms with Crippen LogP contribution in [0, 0.1) is 5.92 Å². The summed E-state index contributed by atoms with van der Waals surface area (Å²) in [5, 5.41) is 4.44. The monoisotopic (exact) mass is 272 g/mol. The molecule has 1 atom stereocenters. The molecule has 1 unspecified atom stereocenters. The van der Waals surface area contributed by atoms with Crippen LogP contribution in [0.25, 0.3) is 5.69 Å². The summed E-state index contributed by atoms with van der Waals surface area (Å²) in [6.07, 6.45) is 6.01. The van der Waals surface area contributed by atoms with Gasteiger partial charge in [0, 0.05) is 25.0 Å². The van der Waals surface area contributed by atoms with E-state index >= 15 is 0 Å². The molecule has 20 heavy (non-hydrogen) atoms. The predicted octanol–water partition coefficient (Wildman–Crippen LogP) is 1.80. The van der Waals surface area contributed by atoms with Crippen LogP contribution in [-0.4, -0.2) is 23.0 Å². The molecule has 3 N–H and O–H groups in total. The van der Waals surface area contributed by atoms with Crippen LogP contribution in [0.5, 0.6) is 0 Å². The minimum atomic E-state index is 0.136. The highest BCUT2D eigenvalue weighted by atomic mass is 16.5. The molecule has 0 amide bonds. The average Bonchev–Trinajstić information content (AvgIpc) is 3.00. The van der Waals surface area contributed by atoms with E-state index in [0.29, 0.717) is 5.92 Å². The zero-order valence-electron chi connectivity index (χ0n) is 11.4. The minimum Gasteiger partial charge on any atom is -0.381 e. The molecule has 106 valence electrons. The molecule has 1 aromatic heterocycles. The van der Waals surface area contributed by atoms with E-state index in [1.807, 2.05) is 41.2 Å². The smallest absolute Gasteiger partial charge is 0.0645 e. The van der Waals surface area contributed by atoms with Gasteiger partial charge >= 0.3 is 0 Å². The van der Waals surface area contributed by atoms with Crippen molar-refractivity contribution in [2.75, 3.05) is 13.2 Å². The molecular weight excluding hydrogens is 252 g/mol. The molecule has 0 spiro atoms. The lowest BCUT2D eigenvalue weighted by Gasteiger charge is -2.29. The van der Waals surface area contributed by atoms with Gasteiger partial charge < -0.3 is 4.74 Å². The Balaban J connectivity index is 1.80. The summed E-state index contributed by atoms with van der Waals surface area (Å²) in [7, 11) is 0. The van der Waals surface area contributed by atoms with Gasteiger partial charge in [-0.1, -0.05) is 18.2 Å². The molecule has 1 aliphatic heterocycles. The zero-order valence-corrected chi connectivity index (χ0v) is 11.4. The summed E-state index contributed by atoms with van der Waals surface area (Å²) in [6.45, 7) is 1.63. The third-order valence-corrected chi connectivity index (χ3v) is 3.90. The first-order valence-corrected chi connectivity index (χ1v) is 7.02. The van der Waals surface area contributed by atoms with Crippen LogP contribution in [0.15, 0.2) is 42.7 Å². The predicted molar refractivity (Wildman–Crippen MR) is 77.2 cm³/mol. The second kappa shape index (κ2) is 6.17. The number of rotatable bonds is 4. The fourth-order valence-corrected chi connectivity index (χ4v) is 2.77. The highest BCUT2D eigenvalue weighted by Crippen LogP contribution is 2.29. The number of nitrogens with one attached hydrogen (secondary N) is 1. The van der Waals surface area contributed by atoms with Crippen LogP contribution in [0.2, 0.25) is 0 Å². The van der Waals surface area contributed by atoms with Crippen molar-refractivity contribution < 1.29 is 4.74 Å². The van der Waals surface area contributed by atoms with E-state index in [-0.39, 0.29) is 6.04 Å². The van der Waals surface area contributed by atoms with E-state index < -0.39 is 0 Å². The molecule has 0 saturated carbocycles. The number of para-hydroxylation sites is 1. The molecule has 1 aromatic carbocycles. The van der Waals surface area contributed by atoms with Gasteiger partial charge in [0.2, 0.25) is 0 Å². The molecule has 0 aliphatic carbocycles. The number of nitrogens with zero attached hydrogens (tertiary/aromatic N) is 2. The van der Waals surface area contributed by atoms with Gasteiger partial charge in [0.05, 0.1) is 17.9 Å². The summed E-state index contributed by atoms with van der Waals surface area (Å²) in [4.78, 5) is 0. The molecule has 1 fully saturated rings. The maximum Gasteiger partial charge on any atom is 0.0645 e. The molecule has 2 heterocycles. The molecule has 0 radical (unpaired) electrons. The molecule has 0 bridgehead atoms. The summed E-state index contributed by atoms with van der Waals surface area (Å²) in [5.74, 6) is 6.26. The number of benzene rings is 1. The second-order valence-corrected chi connectivity index (χ2v) is 5.15. The number of hydrazine groups is 1. The summed E-state index contributed by atoms with van der Waals surface area (Å²) in [5.41, 5.74) is 5.13. The van der Waals surface area contributed by atoms with Crippen molar-refractivity contribution in [2.45, 2.75) is 18.9 Å². The van der Waals surface area contributed by atoms with E-state index in [9.17, 15) is 0 Å². The van der Waals surface area contributed by atoms with Crippen molar-refractivity contribution in [3.05, 3.63) is 48.3 Å². The van der Waals surface area contributed by atoms with Crippen LogP contribution in [0.4, 0.5) is 0 Å². The highest BCUT2D eigenvalue weighted by molar-refractivity contribution is 5.31. The Labute approximate surface area is 118 Å². The van der Waals surface area contributed by atoms with Crippen molar-refractivity contribution in [1.82, 2.24) is 15.2 Å². The molecule has 2 aromatic rings. The van der Waals surface area contributed by atoms with E-state index in [4.69, 9.17) is 10.6 Å². The second-order valence-electron chi connectivity index (χ2n) is 5.15. The minimum absolute atomic E-state index is 0.136. The van der Waals surface area contributed by atoms with Crippen LogP contribution < -0.4 is 11.3 Å². The van der Waals surface area contributed by atoms with Crippen molar-refractivity contribution >= 4 is 0 Å². The van der Waals surface area contributed by atoms with Crippen molar-refractivity contribution in [2.24, 2.45) is 11.8 Å². The summed E-state index contributed by atoms with van der Waals surface area (Å²) in [6, 6.07) is 10.2. The first kappa shape index (κ1) is 13.3. The van der Waals surface area contributed by atoms with Gasteiger partial charge in [0.15, 0.2) is 0 Å². The molecule has 1 saturated heterocycles. The summed E-state index contributed by atoms with van der Waals surface area (Å²) < 4.78 is 7.30. The first-order valence-electron chi connectivity index (χ1n) is 7.02. The Bertz CT molecular complexity index is 534. The lowest BCUT2D eigenvalue weighted by atomic mass is 9.89. The number of ether oxygens (including phenoxy) is 1. The van der Waals surface area contributed by atoms with Gasteiger partial charge in [-0.05, 0) is 30.9 Å². The largest absolute Gasteiger partial charge is 0.381 e. The normalized spacial score (nSPS) is 18.1. The molecule has 5 nitrogen and oxygen atoms in total. The van der Waals surface area contributed by atoms with E-state index in [2.05, 4.69) is 16.7 Å². The maximum atomic E-state index is 5.76. The molecular formula is C15H20N4O. The number of nitrogens with two attached hydrogens (primary N) is 1. The van der Waals surface area contributed by atoms with Crippen LogP contribution >= 0.6 is 0 Å². The standard InChI is InChI=1S/C15H20N4O/c16-18-15(12-6-8-20-9-7-12)13-10-17-19(11-13)14-4-2-1-3-5-14/h1-5,10-12,15,18H,6-9,16H2. The quantitative estimate of drug-likeness (QED) is 0.658. The van der Waals surface area contributed by atoms with Crippen LogP contribution in [-0.2, 0) is 4.74 Å². The number of aromatic nitrogens is 2. The molecule has 3 rings (SSSR count). The Kier molecular flexibility index (Phi) is 4.11. The van der Waals surface area contributed by atoms with Crippen molar-refractivity contribution in [3.63, 3.8) is 0 Å². The Morgan fingerprint density at radius 3 is 2.70 bits per heavy atom. The van der Waals surface area contributed by atoms with E-state index in [1.165, 1.54) is 0 Å². The first-order chi connectivity index (χ1) is 9.88. The Morgan fingerprint density at radius 2 is 2.00 bits per heavy atom. The van der Waals surface area contributed by atoms with Crippen LogP contribution in [0.3, 0.4) is 0 Å². The number of hydrogen-bond acceptors (Lipinski definition) is 4.